The first-order chi connectivity index (χ1) is 11.4. The van der Waals surface area contributed by atoms with Crippen molar-refractivity contribution in [1.82, 2.24) is 5.43 Å². The van der Waals surface area contributed by atoms with Crippen LogP contribution in [0.25, 0.3) is 0 Å². The van der Waals surface area contributed by atoms with Crippen LogP contribution in [0.2, 0.25) is 0 Å². The van der Waals surface area contributed by atoms with Crippen LogP contribution >= 0.6 is 22.6 Å². The van der Waals surface area contributed by atoms with E-state index in [2.05, 4.69) is 33.1 Å². The third kappa shape index (κ3) is 4.70. The van der Waals surface area contributed by atoms with Crippen LogP contribution in [0.1, 0.15) is 22.3 Å². The maximum Gasteiger partial charge on any atom is 0.277 e. The van der Waals surface area contributed by atoms with Gasteiger partial charge in [0.15, 0.2) is 6.61 Å². The summed E-state index contributed by atoms with van der Waals surface area (Å²) in [5, 5.41) is 13.8. The maximum atomic E-state index is 11.8. The van der Waals surface area contributed by atoms with Gasteiger partial charge in [0.25, 0.3) is 5.91 Å². The highest BCUT2D eigenvalue weighted by Crippen LogP contribution is 2.23. The molecular formula is C18H19IN2O3. The van der Waals surface area contributed by atoms with E-state index in [9.17, 15) is 9.90 Å². The lowest BCUT2D eigenvalue weighted by molar-refractivity contribution is -0.123. The fourth-order valence-corrected chi connectivity index (χ4v) is 3.03. The van der Waals surface area contributed by atoms with Crippen molar-refractivity contribution in [3.8, 4) is 11.5 Å². The highest BCUT2D eigenvalue weighted by molar-refractivity contribution is 14.1. The Bertz CT molecular complexity index is 768. The zero-order valence-corrected chi connectivity index (χ0v) is 15.9. The molecule has 6 heteroatoms. The summed E-state index contributed by atoms with van der Waals surface area (Å²) in [6, 6.07) is 9.45. The average molecular weight is 438 g/mol. The van der Waals surface area contributed by atoms with Crippen LogP contribution < -0.4 is 10.2 Å². The Hall–Kier alpha value is -2.09. The van der Waals surface area contributed by atoms with Crippen molar-refractivity contribution >= 4 is 34.7 Å². The van der Waals surface area contributed by atoms with Crippen LogP contribution in [0.3, 0.4) is 0 Å². The molecule has 2 N–H and O–H groups in total. The Morgan fingerprint density at radius 2 is 1.92 bits per heavy atom. The van der Waals surface area contributed by atoms with Gasteiger partial charge in [-0.25, -0.2) is 5.43 Å². The Morgan fingerprint density at radius 1 is 1.25 bits per heavy atom. The average Bonchev–Trinajstić information content (AvgIpc) is 2.51. The zero-order chi connectivity index (χ0) is 17.7. The number of phenolic OH excluding ortho intramolecular Hbond substituents is 1. The lowest BCUT2D eigenvalue weighted by atomic mass is 10.1. The molecule has 0 aliphatic carbocycles. The van der Waals surface area contributed by atoms with Crippen LogP contribution in [0.15, 0.2) is 35.4 Å². The monoisotopic (exact) mass is 438 g/mol. The number of para-hydroxylation sites is 1. The zero-order valence-electron chi connectivity index (χ0n) is 13.8. The summed E-state index contributed by atoms with van der Waals surface area (Å²) in [7, 11) is 0. The summed E-state index contributed by atoms with van der Waals surface area (Å²) in [5.74, 6) is 0.499. The van der Waals surface area contributed by atoms with Crippen LogP contribution in [-0.2, 0) is 4.79 Å². The van der Waals surface area contributed by atoms with Gasteiger partial charge in [-0.05, 0) is 72.2 Å². The Morgan fingerprint density at radius 3 is 2.58 bits per heavy atom. The summed E-state index contributed by atoms with van der Waals surface area (Å²) in [6.45, 7) is 5.55. The van der Waals surface area contributed by atoms with Crippen molar-refractivity contribution in [3.05, 3.63) is 56.2 Å². The first kappa shape index (κ1) is 18.3. The maximum absolute atomic E-state index is 11.8. The number of phenols is 1. The summed E-state index contributed by atoms with van der Waals surface area (Å²) in [5.41, 5.74) is 5.66. The van der Waals surface area contributed by atoms with Crippen LogP contribution in [-0.4, -0.2) is 23.8 Å². The number of benzene rings is 2. The van der Waals surface area contributed by atoms with Gasteiger partial charge in [-0.2, -0.15) is 5.10 Å². The largest absolute Gasteiger partial charge is 0.507 e. The molecule has 0 aliphatic rings. The number of aryl methyl sites for hydroxylation is 3. The quantitative estimate of drug-likeness (QED) is 0.427. The van der Waals surface area contributed by atoms with Gasteiger partial charge < -0.3 is 9.84 Å². The number of carbonyl (C=O) groups is 1. The van der Waals surface area contributed by atoms with E-state index < -0.39 is 0 Å². The Balaban J connectivity index is 1.94. The van der Waals surface area contributed by atoms with Crippen molar-refractivity contribution in [2.45, 2.75) is 20.8 Å². The number of hydrogen-bond donors (Lipinski definition) is 2. The molecule has 0 unspecified atom stereocenters. The molecule has 1 amide bonds. The van der Waals surface area contributed by atoms with Crippen molar-refractivity contribution in [1.29, 1.82) is 0 Å². The topological polar surface area (TPSA) is 70.9 Å². The van der Waals surface area contributed by atoms with Gasteiger partial charge in [0.05, 0.1) is 6.21 Å². The van der Waals surface area contributed by atoms with E-state index in [0.29, 0.717) is 11.3 Å². The number of ether oxygens (including phenoxy) is 1. The molecule has 0 fully saturated rings. The van der Waals surface area contributed by atoms with E-state index in [0.717, 1.165) is 20.3 Å². The summed E-state index contributed by atoms with van der Waals surface area (Å²) >= 11 is 2.16. The predicted octanol–water partition coefficient (Wildman–Crippen LogP) is 3.45. The van der Waals surface area contributed by atoms with Crippen molar-refractivity contribution in [2.75, 3.05) is 6.61 Å². The van der Waals surface area contributed by atoms with Gasteiger partial charge in [-0.15, -0.1) is 0 Å². The molecule has 0 spiro atoms. The SMILES string of the molecule is Cc1cc(I)cc(/C=N/NC(=O)COc2c(C)cccc2C)c1O. The number of hydrazone groups is 1. The molecule has 0 heterocycles. The Kier molecular flexibility index (Phi) is 6.19. The molecule has 2 rings (SSSR count). The molecule has 0 bridgehead atoms. The molecule has 0 saturated carbocycles. The summed E-state index contributed by atoms with van der Waals surface area (Å²) < 4.78 is 6.54. The van der Waals surface area contributed by atoms with Gasteiger partial charge in [0.2, 0.25) is 0 Å². The number of hydrogen-bond acceptors (Lipinski definition) is 4. The molecule has 0 aliphatic heterocycles. The minimum Gasteiger partial charge on any atom is -0.507 e. The van der Waals surface area contributed by atoms with Crippen LogP contribution in [0.5, 0.6) is 11.5 Å². The van der Waals surface area contributed by atoms with Gasteiger partial charge in [-0.1, -0.05) is 18.2 Å². The van der Waals surface area contributed by atoms with Crippen molar-refractivity contribution in [3.63, 3.8) is 0 Å². The minimum absolute atomic E-state index is 0.125. The molecular weight excluding hydrogens is 419 g/mol. The lowest BCUT2D eigenvalue weighted by Crippen LogP contribution is -2.25. The highest BCUT2D eigenvalue weighted by Gasteiger charge is 2.07. The number of amides is 1. The third-order valence-electron chi connectivity index (χ3n) is 3.44. The molecule has 5 nitrogen and oxygen atoms in total. The van der Waals surface area contributed by atoms with Crippen molar-refractivity contribution in [2.24, 2.45) is 5.10 Å². The summed E-state index contributed by atoms with van der Waals surface area (Å²) in [6.07, 6.45) is 1.42. The normalized spacial score (nSPS) is 10.8. The molecule has 2 aromatic carbocycles. The number of halogens is 1. The fraction of sp³-hybridized carbons (Fsp3) is 0.222. The highest BCUT2D eigenvalue weighted by atomic mass is 127. The third-order valence-corrected chi connectivity index (χ3v) is 4.07. The molecule has 0 atom stereocenters. The number of nitrogens with zero attached hydrogens (tertiary/aromatic N) is 1. The number of aromatic hydroxyl groups is 1. The molecule has 0 aromatic heterocycles. The lowest BCUT2D eigenvalue weighted by Gasteiger charge is -2.10. The van der Waals surface area contributed by atoms with Crippen molar-refractivity contribution < 1.29 is 14.6 Å². The molecule has 2 aromatic rings. The van der Waals surface area contributed by atoms with Gasteiger partial charge in [-0.3, -0.25) is 4.79 Å². The van der Waals surface area contributed by atoms with Gasteiger partial charge in [0.1, 0.15) is 11.5 Å². The molecule has 126 valence electrons. The first-order valence-electron chi connectivity index (χ1n) is 7.38. The fourth-order valence-electron chi connectivity index (χ4n) is 2.23. The second kappa shape index (κ2) is 8.14. The number of carbonyl (C=O) groups excluding carboxylic acids is 1. The smallest absolute Gasteiger partial charge is 0.277 e. The number of nitrogens with one attached hydrogen (secondary N) is 1. The first-order valence-corrected chi connectivity index (χ1v) is 8.46. The van der Waals surface area contributed by atoms with Crippen LogP contribution in [0, 0.1) is 24.3 Å². The predicted molar refractivity (Wildman–Crippen MR) is 103 cm³/mol. The standard InChI is InChI=1S/C18H19IN2O3/c1-11-5-4-6-12(2)18(11)24-10-16(22)21-20-9-14-8-15(19)7-13(3)17(14)23/h4-9,23H,10H2,1-3H3,(H,21,22)/b20-9+. The van der Waals surface area contributed by atoms with Gasteiger partial charge >= 0.3 is 0 Å². The molecule has 24 heavy (non-hydrogen) atoms. The second-order valence-corrected chi connectivity index (χ2v) is 6.71. The Labute approximate surface area is 154 Å². The van der Waals surface area contributed by atoms with E-state index >= 15 is 0 Å². The molecule has 0 radical (unpaired) electrons. The minimum atomic E-state index is -0.365. The molecule has 0 saturated heterocycles. The van der Waals surface area contributed by atoms with E-state index in [1.165, 1.54) is 6.21 Å². The van der Waals surface area contributed by atoms with Crippen LogP contribution in [0.4, 0.5) is 0 Å². The summed E-state index contributed by atoms with van der Waals surface area (Å²) in [4.78, 5) is 11.8. The van der Waals surface area contributed by atoms with E-state index in [1.807, 2.05) is 45.0 Å². The second-order valence-electron chi connectivity index (χ2n) is 5.46. The van der Waals surface area contributed by atoms with E-state index in [1.54, 1.807) is 6.07 Å². The van der Waals surface area contributed by atoms with Gasteiger partial charge in [0, 0.05) is 9.13 Å². The van der Waals surface area contributed by atoms with E-state index in [-0.39, 0.29) is 18.3 Å². The number of rotatable bonds is 5. The van der Waals surface area contributed by atoms with E-state index in [4.69, 9.17) is 4.74 Å².